The van der Waals surface area contributed by atoms with Crippen LogP contribution >= 0.6 is 22.9 Å². The van der Waals surface area contributed by atoms with Crippen LogP contribution in [0.5, 0.6) is 0 Å². The molecule has 2 aromatic heterocycles. The fourth-order valence-electron chi connectivity index (χ4n) is 3.12. The summed E-state index contributed by atoms with van der Waals surface area (Å²) in [5, 5.41) is 2.36. The van der Waals surface area contributed by atoms with E-state index in [2.05, 4.69) is 24.0 Å². The lowest BCUT2D eigenvalue weighted by molar-refractivity contribution is -0.114. The van der Waals surface area contributed by atoms with Crippen molar-refractivity contribution >= 4 is 45.6 Å². The number of halogens is 1. The van der Waals surface area contributed by atoms with Gasteiger partial charge in [-0.2, -0.15) is 0 Å². The standard InChI is InChI=1S/C18H16ClN3OS/c1-12-4-5-14-13(11-12)3-2-8-21(14)16(23)7-6-15-17(19)20-18-22(15)9-10-24-18/h4-7,9-11H,2-3,8H2,1H3/b7-6+. The summed E-state index contributed by atoms with van der Waals surface area (Å²) in [6.07, 6.45) is 7.25. The summed E-state index contributed by atoms with van der Waals surface area (Å²) in [7, 11) is 0. The van der Waals surface area contributed by atoms with E-state index in [1.54, 1.807) is 12.2 Å². The molecule has 4 nitrogen and oxygen atoms in total. The minimum absolute atomic E-state index is 0.0268. The van der Waals surface area contributed by atoms with Crippen LogP contribution in [0.1, 0.15) is 23.2 Å². The molecule has 6 heteroatoms. The van der Waals surface area contributed by atoms with Crippen LogP contribution in [0.4, 0.5) is 5.69 Å². The first-order valence-electron chi connectivity index (χ1n) is 7.83. The Morgan fingerprint density at radius 2 is 2.29 bits per heavy atom. The van der Waals surface area contributed by atoms with Crippen LogP contribution in [0.25, 0.3) is 11.0 Å². The summed E-state index contributed by atoms with van der Waals surface area (Å²) >= 11 is 7.69. The minimum Gasteiger partial charge on any atom is -0.309 e. The monoisotopic (exact) mass is 357 g/mol. The van der Waals surface area contributed by atoms with Crippen molar-refractivity contribution in [2.75, 3.05) is 11.4 Å². The maximum atomic E-state index is 12.7. The lowest BCUT2D eigenvalue weighted by Gasteiger charge is -2.28. The highest BCUT2D eigenvalue weighted by molar-refractivity contribution is 7.15. The molecule has 0 atom stereocenters. The van der Waals surface area contributed by atoms with Crippen LogP contribution in [-0.4, -0.2) is 21.8 Å². The van der Waals surface area contributed by atoms with Crippen LogP contribution in [0.3, 0.4) is 0 Å². The first kappa shape index (κ1) is 15.4. The fraction of sp³-hybridized carbons (Fsp3) is 0.222. The van der Waals surface area contributed by atoms with Gasteiger partial charge in [-0.15, -0.1) is 11.3 Å². The highest BCUT2D eigenvalue weighted by Crippen LogP contribution is 2.28. The molecule has 0 unspecified atom stereocenters. The van der Waals surface area contributed by atoms with Gasteiger partial charge in [0.15, 0.2) is 10.1 Å². The molecule has 0 aliphatic carbocycles. The van der Waals surface area contributed by atoms with Gasteiger partial charge in [0, 0.05) is 29.9 Å². The van der Waals surface area contributed by atoms with Gasteiger partial charge in [-0.25, -0.2) is 4.98 Å². The molecule has 1 aliphatic rings. The van der Waals surface area contributed by atoms with E-state index in [0.29, 0.717) is 5.15 Å². The maximum Gasteiger partial charge on any atom is 0.251 e. The van der Waals surface area contributed by atoms with Gasteiger partial charge in [-0.05, 0) is 37.5 Å². The number of hydrogen-bond donors (Lipinski definition) is 0. The number of aromatic nitrogens is 2. The number of anilines is 1. The molecule has 0 N–H and O–H groups in total. The van der Waals surface area contributed by atoms with Crippen molar-refractivity contribution < 1.29 is 4.79 Å². The summed E-state index contributed by atoms with van der Waals surface area (Å²) in [6, 6.07) is 6.26. The Labute approximate surface area is 149 Å². The number of fused-ring (bicyclic) bond motifs is 2. The van der Waals surface area contributed by atoms with E-state index in [1.165, 1.54) is 22.5 Å². The molecular weight excluding hydrogens is 342 g/mol. The number of hydrogen-bond acceptors (Lipinski definition) is 3. The molecule has 3 heterocycles. The van der Waals surface area contributed by atoms with Crippen LogP contribution in [0.15, 0.2) is 35.9 Å². The molecule has 3 aromatic rings. The molecule has 1 amide bonds. The smallest absolute Gasteiger partial charge is 0.251 e. The van der Waals surface area contributed by atoms with Crippen LogP contribution in [-0.2, 0) is 11.2 Å². The summed E-state index contributed by atoms with van der Waals surface area (Å²) in [4.78, 5) is 19.6. The van der Waals surface area contributed by atoms with E-state index in [0.717, 1.165) is 35.7 Å². The second-order valence-electron chi connectivity index (χ2n) is 5.90. The first-order chi connectivity index (χ1) is 11.6. The third-order valence-electron chi connectivity index (χ3n) is 4.26. The molecule has 0 radical (unpaired) electrons. The van der Waals surface area contributed by atoms with Crippen LogP contribution in [0, 0.1) is 6.92 Å². The van der Waals surface area contributed by atoms with E-state index in [9.17, 15) is 4.79 Å². The number of thiazole rings is 1. The molecule has 24 heavy (non-hydrogen) atoms. The fourth-order valence-corrected chi connectivity index (χ4v) is 4.13. The third-order valence-corrected chi connectivity index (χ3v) is 5.29. The van der Waals surface area contributed by atoms with Gasteiger partial charge in [-0.1, -0.05) is 29.3 Å². The largest absolute Gasteiger partial charge is 0.309 e. The summed E-state index contributed by atoms with van der Waals surface area (Å²) in [5.74, 6) is -0.0268. The number of carbonyl (C=O) groups is 1. The molecule has 0 saturated heterocycles. The predicted octanol–water partition coefficient (Wildman–Crippen LogP) is 4.35. The molecule has 0 spiro atoms. The van der Waals surface area contributed by atoms with Gasteiger partial charge < -0.3 is 4.90 Å². The predicted molar refractivity (Wildman–Crippen MR) is 99.0 cm³/mol. The number of aryl methyl sites for hydroxylation is 2. The van der Waals surface area contributed by atoms with Crippen molar-refractivity contribution in [3.8, 4) is 0 Å². The Morgan fingerprint density at radius 1 is 1.42 bits per heavy atom. The number of imidazole rings is 1. The SMILES string of the molecule is Cc1ccc2c(c1)CCCN2C(=O)/C=C/c1c(Cl)nc2sccn12. The van der Waals surface area contributed by atoms with Gasteiger partial charge in [0.25, 0.3) is 5.91 Å². The summed E-state index contributed by atoms with van der Waals surface area (Å²) in [5.41, 5.74) is 4.22. The Balaban J connectivity index is 1.63. The molecule has 1 aliphatic heterocycles. The van der Waals surface area contributed by atoms with Gasteiger partial charge in [0.1, 0.15) is 0 Å². The molecule has 122 valence electrons. The maximum absolute atomic E-state index is 12.7. The third kappa shape index (κ3) is 2.64. The Bertz CT molecular complexity index is 956. The van der Waals surface area contributed by atoms with Crippen molar-refractivity contribution in [3.05, 3.63) is 57.8 Å². The second-order valence-corrected chi connectivity index (χ2v) is 7.13. The minimum atomic E-state index is -0.0268. The number of amides is 1. The number of carbonyl (C=O) groups excluding carboxylic acids is 1. The molecule has 4 rings (SSSR count). The van der Waals surface area contributed by atoms with Crippen molar-refractivity contribution in [1.29, 1.82) is 0 Å². The summed E-state index contributed by atoms with van der Waals surface area (Å²) in [6.45, 7) is 2.82. The number of nitrogens with zero attached hydrogens (tertiary/aromatic N) is 3. The van der Waals surface area contributed by atoms with Gasteiger partial charge in [-0.3, -0.25) is 9.20 Å². The highest BCUT2D eigenvalue weighted by atomic mass is 35.5. The quantitative estimate of drug-likeness (QED) is 0.639. The average molecular weight is 358 g/mol. The van der Waals surface area contributed by atoms with E-state index >= 15 is 0 Å². The molecular formula is C18H16ClN3OS. The van der Waals surface area contributed by atoms with Crippen molar-refractivity contribution in [2.45, 2.75) is 19.8 Å². The average Bonchev–Trinajstić information content (AvgIpc) is 3.12. The Hall–Kier alpha value is -2.11. The van der Waals surface area contributed by atoms with Crippen molar-refractivity contribution in [2.24, 2.45) is 0 Å². The zero-order chi connectivity index (χ0) is 16.7. The van der Waals surface area contributed by atoms with E-state index in [1.807, 2.05) is 26.9 Å². The van der Waals surface area contributed by atoms with E-state index < -0.39 is 0 Å². The van der Waals surface area contributed by atoms with Crippen molar-refractivity contribution in [1.82, 2.24) is 9.38 Å². The van der Waals surface area contributed by atoms with Gasteiger partial charge in [0.2, 0.25) is 0 Å². The Morgan fingerprint density at radius 3 is 3.17 bits per heavy atom. The number of rotatable bonds is 2. The highest BCUT2D eigenvalue weighted by Gasteiger charge is 2.21. The van der Waals surface area contributed by atoms with Crippen LogP contribution < -0.4 is 4.90 Å². The lowest BCUT2D eigenvalue weighted by Crippen LogP contribution is -2.34. The topological polar surface area (TPSA) is 37.6 Å². The van der Waals surface area contributed by atoms with Crippen molar-refractivity contribution in [3.63, 3.8) is 0 Å². The molecule has 1 aromatic carbocycles. The van der Waals surface area contributed by atoms with Gasteiger partial charge >= 0.3 is 0 Å². The lowest BCUT2D eigenvalue weighted by atomic mass is 9.99. The zero-order valence-corrected chi connectivity index (χ0v) is 14.8. The zero-order valence-electron chi connectivity index (χ0n) is 13.2. The van der Waals surface area contributed by atoms with Gasteiger partial charge in [0.05, 0.1) is 5.69 Å². The first-order valence-corrected chi connectivity index (χ1v) is 9.09. The summed E-state index contributed by atoms with van der Waals surface area (Å²) < 4.78 is 1.89. The Kier molecular flexibility index (Phi) is 3.90. The molecule has 0 saturated carbocycles. The number of benzene rings is 1. The molecule has 0 fully saturated rings. The normalized spacial score (nSPS) is 14.5. The van der Waals surface area contributed by atoms with E-state index in [4.69, 9.17) is 11.6 Å². The van der Waals surface area contributed by atoms with E-state index in [-0.39, 0.29) is 5.91 Å². The van der Waals surface area contributed by atoms with Crippen LogP contribution in [0.2, 0.25) is 5.15 Å². The molecule has 0 bridgehead atoms. The second kappa shape index (κ2) is 6.07.